The Bertz CT molecular complexity index is 136. The van der Waals surface area contributed by atoms with Gasteiger partial charge in [-0.2, -0.15) is 0 Å². The van der Waals surface area contributed by atoms with Crippen LogP contribution in [0.1, 0.15) is 33.1 Å². The third kappa shape index (κ3) is 2.96. The highest BCUT2D eigenvalue weighted by Crippen LogP contribution is 2.23. The Balaban J connectivity index is 2.27. The van der Waals surface area contributed by atoms with E-state index in [2.05, 4.69) is 31.1 Å². The van der Waals surface area contributed by atoms with E-state index < -0.39 is 0 Å². The molecular formula is C11H24N2. The molecule has 1 rings (SSSR count). The first kappa shape index (κ1) is 11.0. The fourth-order valence-electron chi connectivity index (χ4n) is 2.29. The van der Waals surface area contributed by atoms with Crippen molar-refractivity contribution >= 4 is 0 Å². The first-order valence-corrected chi connectivity index (χ1v) is 5.68. The molecule has 0 bridgehead atoms. The largest absolute Gasteiger partial charge is 0.319 e. The number of nitrogens with zero attached hydrogens (tertiary/aromatic N) is 1. The van der Waals surface area contributed by atoms with Gasteiger partial charge < -0.3 is 10.2 Å². The topological polar surface area (TPSA) is 15.3 Å². The second kappa shape index (κ2) is 5.61. The molecule has 1 aliphatic rings. The van der Waals surface area contributed by atoms with Gasteiger partial charge in [0.2, 0.25) is 0 Å². The van der Waals surface area contributed by atoms with Gasteiger partial charge in [0.1, 0.15) is 0 Å². The summed E-state index contributed by atoms with van der Waals surface area (Å²) in [6.07, 6.45) is 4.06. The number of likely N-dealkylation sites (tertiary alicyclic amines) is 1. The molecule has 0 amide bonds. The molecule has 0 spiro atoms. The highest BCUT2D eigenvalue weighted by Gasteiger charge is 2.28. The molecule has 0 aromatic heterocycles. The summed E-state index contributed by atoms with van der Waals surface area (Å²) >= 11 is 0. The maximum Gasteiger partial charge on any atom is 0.0108 e. The van der Waals surface area contributed by atoms with Crippen molar-refractivity contribution in [3.8, 4) is 0 Å². The highest BCUT2D eigenvalue weighted by molar-refractivity contribution is 4.84. The van der Waals surface area contributed by atoms with E-state index >= 15 is 0 Å². The van der Waals surface area contributed by atoms with E-state index in [0.717, 1.165) is 12.0 Å². The average Bonchev–Trinajstić information content (AvgIpc) is 2.46. The standard InChI is InChI=1S/C11H24N2/c1-4-5-7-13-8-6-11(9-12-3)10(13)2/h10-12H,4-9H2,1-3H3. The average molecular weight is 184 g/mol. The molecule has 1 saturated heterocycles. The van der Waals surface area contributed by atoms with Gasteiger partial charge in [-0.1, -0.05) is 13.3 Å². The molecule has 13 heavy (non-hydrogen) atoms. The van der Waals surface area contributed by atoms with Crippen LogP contribution < -0.4 is 5.32 Å². The summed E-state index contributed by atoms with van der Waals surface area (Å²) in [7, 11) is 2.06. The van der Waals surface area contributed by atoms with Crippen LogP contribution in [0.4, 0.5) is 0 Å². The number of rotatable bonds is 5. The van der Waals surface area contributed by atoms with E-state index in [4.69, 9.17) is 0 Å². The Kier molecular flexibility index (Phi) is 4.74. The van der Waals surface area contributed by atoms with E-state index in [1.807, 2.05) is 0 Å². The Morgan fingerprint density at radius 2 is 2.23 bits per heavy atom. The molecule has 2 unspecified atom stereocenters. The lowest BCUT2D eigenvalue weighted by molar-refractivity contribution is 0.237. The first-order chi connectivity index (χ1) is 6.29. The van der Waals surface area contributed by atoms with Crippen molar-refractivity contribution in [2.24, 2.45) is 5.92 Å². The van der Waals surface area contributed by atoms with Crippen LogP contribution >= 0.6 is 0 Å². The second-order valence-electron chi connectivity index (χ2n) is 4.24. The third-order valence-electron chi connectivity index (χ3n) is 3.31. The lowest BCUT2D eigenvalue weighted by Crippen LogP contribution is -2.34. The molecule has 1 heterocycles. The smallest absolute Gasteiger partial charge is 0.0108 e. The van der Waals surface area contributed by atoms with Gasteiger partial charge in [-0.05, 0) is 52.4 Å². The molecule has 0 aliphatic carbocycles. The zero-order valence-corrected chi connectivity index (χ0v) is 9.34. The number of unbranched alkanes of at least 4 members (excludes halogenated alkanes) is 1. The van der Waals surface area contributed by atoms with E-state index in [1.165, 1.54) is 38.9 Å². The van der Waals surface area contributed by atoms with Crippen LogP contribution in [0.15, 0.2) is 0 Å². The third-order valence-corrected chi connectivity index (χ3v) is 3.31. The molecule has 0 aromatic carbocycles. The Hall–Kier alpha value is -0.0800. The van der Waals surface area contributed by atoms with Gasteiger partial charge in [0.05, 0.1) is 0 Å². The van der Waals surface area contributed by atoms with Crippen LogP contribution in [0, 0.1) is 5.92 Å². The first-order valence-electron chi connectivity index (χ1n) is 5.68. The second-order valence-corrected chi connectivity index (χ2v) is 4.24. The zero-order chi connectivity index (χ0) is 9.68. The Morgan fingerprint density at radius 3 is 2.85 bits per heavy atom. The Labute approximate surface area is 82.7 Å². The van der Waals surface area contributed by atoms with Gasteiger partial charge in [0.25, 0.3) is 0 Å². The molecule has 2 atom stereocenters. The summed E-state index contributed by atoms with van der Waals surface area (Å²) in [5.41, 5.74) is 0. The minimum absolute atomic E-state index is 0.791. The van der Waals surface area contributed by atoms with Gasteiger partial charge in [-0.15, -0.1) is 0 Å². The van der Waals surface area contributed by atoms with E-state index in [1.54, 1.807) is 0 Å². The molecule has 1 aliphatic heterocycles. The fraction of sp³-hybridized carbons (Fsp3) is 1.00. The maximum absolute atomic E-state index is 3.29. The summed E-state index contributed by atoms with van der Waals surface area (Å²) in [4.78, 5) is 2.64. The number of hydrogen-bond donors (Lipinski definition) is 1. The molecule has 0 aromatic rings. The van der Waals surface area contributed by atoms with Gasteiger partial charge in [0.15, 0.2) is 0 Å². The van der Waals surface area contributed by atoms with Crippen molar-refractivity contribution in [3.63, 3.8) is 0 Å². The van der Waals surface area contributed by atoms with Crippen LogP contribution in [0.2, 0.25) is 0 Å². The predicted octanol–water partition coefficient (Wildman–Crippen LogP) is 1.72. The summed E-state index contributed by atoms with van der Waals surface area (Å²) in [5, 5.41) is 3.29. The van der Waals surface area contributed by atoms with Gasteiger partial charge >= 0.3 is 0 Å². The number of nitrogens with one attached hydrogen (secondary N) is 1. The van der Waals surface area contributed by atoms with Crippen LogP contribution in [-0.2, 0) is 0 Å². The Morgan fingerprint density at radius 1 is 1.46 bits per heavy atom. The molecule has 2 nitrogen and oxygen atoms in total. The van der Waals surface area contributed by atoms with Crippen LogP contribution in [-0.4, -0.2) is 37.6 Å². The van der Waals surface area contributed by atoms with Gasteiger partial charge in [-0.3, -0.25) is 0 Å². The molecule has 0 radical (unpaired) electrons. The van der Waals surface area contributed by atoms with Gasteiger partial charge in [-0.25, -0.2) is 0 Å². The van der Waals surface area contributed by atoms with Crippen molar-refractivity contribution < 1.29 is 0 Å². The van der Waals surface area contributed by atoms with Gasteiger partial charge in [0, 0.05) is 6.04 Å². The molecule has 78 valence electrons. The predicted molar refractivity (Wildman–Crippen MR) is 58.0 cm³/mol. The minimum atomic E-state index is 0.791. The van der Waals surface area contributed by atoms with E-state index in [0.29, 0.717) is 0 Å². The van der Waals surface area contributed by atoms with Crippen molar-refractivity contribution in [1.82, 2.24) is 10.2 Å². The normalized spacial score (nSPS) is 29.8. The summed E-state index contributed by atoms with van der Waals surface area (Å²) in [6, 6.07) is 0.791. The van der Waals surface area contributed by atoms with Crippen molar-refractivity contribution in [2.45, 2.75) is 39.2 Å². The van der Waals surface area contributed by atoms with Crippen molar-refractivity contribution in [3.05, 3.63) is 0 Å². The molecular weight excluding hydrogens is 160 g/mol. The summed E-state index contributed by atoms with van der Waals surface area (Å²) < 4.78 is 0. The lowest BCUT2D eigenvalue weighted by atomic mass is 10.0. The summed E-state index contributed by atoms with van der Waals surface area (Å²) in [5.74, 6) is 0.877. The summed E-state index contributed by atoms with van der Waals surface area (Å²) in [6.45, 7) is 8.45. The molecule has 0 saturated carbocycles. The van der Waals surface area contributed by atoms with E-state index in [9.17, 15) is 0 Å². The van der Waals surface area contributed by atoms with Crippen molar-refractivity contribution in [1.29, 1.82) is 0 Å². The SMILES string of the molecule is CCCCN1CCC(CNC)C1C. The fourth-order valence-corrected chi connectivity index (χ4v) is 2.29. The molecule has 2 heteroatoms. The highest BCUT2D eigenvalue weighted by atomic mass is 15.2. The lowest BCUT2D eigenvalue weighted by Gasteiger charge is -2.24. The van der Waals surface area contributed by atoms with Crippen molar-refractivity contribution in [2.75, 3.05) is 26.7 Å². The van der Waals surface area contributed by atoms with Crippen LogP contribution in [0.25, 0.3) is 0 Å². The quantitative estimate of drug-likeness (QED) is 0.700. The monoisotopic (exact) mass is 184 g/mol. The maximum atomic E-state index is 3.29. The van der Waals surface area contributed by atoms with Crippen LogP contribution in [0.5, 0.6) is 0 Å². The molecule has 1 fully saturated rings. The van der Waals surface area contributed by atoms with E-state index in [-0.39, 0.29) is 0 Å². The van der Waals surface area contributed by atoms with Crippen LogP contribution in [0.3, 0.4) is 0 Å². The zero-order valence-electron chi connectivity index (χ0n) is 9.34. The molecule has 1 N–H and O–H groups in total. The minimum Gasteiger partial charge on any atom is -0.319 e. The number of hydrogen-bond acceptors (Lipinski definition) is 2.